The number of aliphatic hydroxyl groups excluding tert-OH is 4. The van der Waals surface area contributed by atoms with Gasteiger partial charge in [-0.05, 0) is 0 Å². The number of hydrogen-bond donors (Lipinski definition) is 4. The molecular weight excluding hydrogens is 204 g/mol. The van der Waals surface area contributed by atoms with Gasteiger partial charge in [-0.3, -0.25) is 0 Å². The maximum absolute atomic E-state index is 8.90. The largest absolute Gasteiger partial charge is 0.394 e. The minimum Gasteiger partial charge on any atom is -0.394 e. The molecule has 4 nitrogen and oxygen atoms in total. The van der Waals surface area contributed by atoms with Gasteiger partial charge in [0.2, 0.25) is 0 Å². The standard InChI is InChI=1S/C5H11BrO4/c6-1-3(8)5(10)4(9)2-7/h3-5,7-10H,1-2H2/t3-,4-,5-/m1/s1. The molecule has 10 heavy (non-hydrogen) atoms. The Labute approximate surface area is 67.2 Å². The zero-order valence-electron chi connectivity index (χ0n) is 5.31. The Bertz CT molecular complexity index is 79.7. The van der Waals surface area contributed by atoms with Gasteiger partial charge in [0.25, 0.3) is 0 Å². The van der Waals surface area contributed by atoms with E-state index in [1.807, 2.05) is 0 Å². The van der Waals surface area contributed by atoms with Crippen molar-refractivity contribution in [1.29, 1.82) is 0 Å². The highest BCUT2D eigenvalue weighted by Crippen LogP contribution is 2.02. The van der Waals surface area contributed by atoms with Crippen molar-refractivity contribution < 1.29 is 20.4 Å². The second-order valence-electron chi connectivity index (χ2n) is 1.96. The Kier molecular flexibility index (Phi) is 5.20. The van der Waals surface area contributed by atoms with Crippen molar-refractivity contribution in [3.05, 3.63) is 0 Å². The van der Waals surface area contributed by atoms with Crippen LogP contribution in [-0.2, 0) is 0 Å². The van der Waals surface area contributed by atoms with Gasteiger partial charge in [-0.15, -0.1) is 0 Å². The van der Waals surface area contributed by atoms with Gasteiger partial charge >= 0.3 is 0 Å². The summed E-state index contributed by atoms with van der Waals surface area (Å²) < 4.78 is 0. The first kappa shape index (κ1) is 10.3. The summed E-state index contributed by atoms with van der Waals surface area (Å²) in [4.78, 5) is 0. The molecule has 5 heteroatoms. The quantitative estimate of drug-likeness (QED) is 0.428. The van der Waals surface area contributed by atoms with Gasteiger partial charge in [0, 0.05) is 5.33 Å². The van der Waals surface area contributed by atoms with Gasteiger partial charge in [-0.1, -0.05) is 15.9 Å². The van der Waals surface area contributed by atoms with E-state index in [0.717, 1.165) is 0 Å². The van der Waals surface area contributed by atoms with E-state index in [4.69, 9.17) is 20.4 Å². The van der Waals surface area contributed by atoms with Crippen molar-refractivity contribution >= 4 is 15.9 Å². The SMILES string of the molecule is OC[C@@H](O)[C@H](O)[C@H](O)CBr. The fraction of sp³-hybridized carbons (Fsp3) is 1.00. The van der Waals surface area contributed by atoms with Crippen LogP contribution in [0.2, 0.25) is 0 Å². The zero-order valence-corrected chi connectivity index (χ0v) is 6.90. The first-order valence-corrected chi connectivity index (χ1v) is 3.96. The minimum absolute atomic E-state index is 0.172. The Morgan fingerprint density at radius 2 is 1.60 bits per heavy atom. The molecule has 0 aliphatic heterocycles. The summed E-state index contributed by atoms with van der Waals surface area (Å²) in [6, 6.07) is 0. The van der Waals surface area contributed by atoms with E-state index in [0.29, 0.717) is 0 Å². The number of halogens is 1. The molecule has 62 valence electrons. The molecule has 0 heterocycles. The predicted molar refractivity (Wildman–Crippen MR) is 38.9 cm³/mol. The molecule has 0 amide bonds. The van der Waals surface area contributed by atoms with Crippen LogP contribution in [0.5, 0.6) is 0 Å². The summed E-state index contributed by atoms with van der Waals surface area (Å²) in [6.45, 7) is -0.550. The van der Waals surface area contributed by atoms with E-state index < -0.39 is 24.9 Å². The van der Waals surface area contributed by atoms with E-state index in [1.54, 1.807) is 0 Å². The van der Waals surface area contributed by atoms with E-state index in [-0.39, 0.29) is 5.33 Å². The number of aliphatic hydroxyl groups is 4. The van der Waals surface area contributed by atoms with Gasteiger partial charge in [0.15, 0.2) is 0 Å². The van der Waals surface area contributed by atoms with Crippen molar-refractivity contribution in [2.24, 2.45) is 0 Å². The summed E-state index contributed by atoms with van der Waals surface area (Å²) in [6.07, 6.45) is -3.60. The normalized spacial score (nSPS) is 20.1. The Morgan fingerprint density at radius 3 is 1.90 bits per heavy atom. The smallest absolute Gasteiger partial charge is 0.109 e. The van der Waals surface area contributed by atoms with Crippen LogP contribution in [0.15, 0.2) is 0 Å². The number of rotatable bonds is 4. The molecule has 0 aromatic rings. The van der Waals surface area contributed by atoms with Crippen LogP contribution < -0.4 is 0 Å². The monoisotopic (exact) mass is 214 g/mol. The zero-order chi connectivity index (χ0) is 8.15. The topological polar surface area (TPSA) is 80.9 Å². The average molecular weight is 215 g/mol. The molecule has 3 atom stereocenters. The van der Waals surface area contributed by atoms with Crippen LogP contribution in [0.25, 0.3) is 0 Å². The van der Waals surface area contributed by atoms with Gasteiger partial charge in [-0.25, -0.2) is 0 Å². The lowest BCUT2D eigenvalue weighted by atomic mass is 10.1. The maximum atomic E-state index is 8.90. The summed E-state index contributed by atoms with van der Waals surface area (Å²) in [5.74, 6) is 0. The Balaban J connectivity index is 3.69. The molecule has 0 saturated heterocycles. The Hall–Kier alpha value is 0.320. The van der Waals surface area contributed by atoms with Crippen LogP contribution in [0.4, 0.5) is 0 Å². The van der Waals surface area contributed by atoms with E-state index in [1.165, 1.54) is 0 Å². The van der Waals surface area contributed by atoms with Crippen LogP contribution in [0.3, 0.4) is 0 Å². The lowest BCUT2D eigenvalue weighted by molar-refractivity contribution is -0.0680. The third kappa shape index (κ3) is 2.94. The molecule has 0 spiro atoms. The third-order valence-electron chi connectivity index (χ3n) is 1.13. The fourth-order valence-electron chi connectivity index (χ4n) is 0.456. The van der Waals surface area contributed by atoms with Crippen molar-refractivity contribution in [2.75, 3.05) is 11.9 Å². The van der Waals surface area contributed by atoms with E-state index >= 15 is 0 Å². The maximum Gasteiger partial charge on any atom is 0.109 e. The third-order valence-corrected chi connectivity index (χ3v) is 1.80. The molecule has 0 aliphatic carbocycles. The van der Waals surface area contributed by atoms with Gasteiger partial charge in [-0.2, -0.15) is 0 Å². The molecule has 0 fully saturated rings. The molecule has 0 aliphatic rings. The molecule has 4 N–H and O–H groups in total. The first-order chi connectivity index (χ1) is 4.63. The summed E-state index contributed by atoms with van der Waals surface area (Å²) in [5.41, 5.74) is 0. The van der Waals surface area contributed by atoms with Crippen molar-refractivity contribution in [2.45, 2.75) is 18.3 Å². The van der Waals surface area contributed by atoms with Crippen molar-refractivity contribution in [3.63, 3.8) is 0 Å². The van der Waals surface area contributed by atoms with Crippen LogP contribution in [0.1, 0.15) is 0 Å². The van der Waals surface area contributed by atoms with Crippen LogP contribution in [-0.4, -0.2) is 50.7 Å². The number of alkyl halides is 1. The highest BCUT2D eigenvalue weighted by Gasteiger charge is 2.22. The second-order valence-corrected chi connectivity index (χ2v) is 2.61. The molecule has 0 aromatic carbocycles. The molecule has 0 bridgehead atoms. The lowest BCUT2D eigenvalue weighted by Gasteiger charge is -2.19. The molecule has 0 radical (unpaired) electrons. The number of hydrogen-bond acceptors (Lipinski definition) is 4. The summed E-state index contributed by atoms with van der Waals surface area (Å²) >= 11 is 2.91. The van der Waals surface area contributed by atoms with Crippen LogP contribution >= 0.6 is 15.9 Å². The molecule has 0 unspecified atom stereocenters. The van der Waals surface area contributed by atoms with Gasteiger partial charge < -0.3 is 20.4 Å². The molecule has 0 rings (SSSR count). The molecule has 0 aromatic heterocycles. The van der Waals surface area contributed by atoms with Crippen molar-refractivity contribution in [3.8, 4) is 0 Å². The summed E-state index contributed by atoms with van der Waals surface area (Å²) in [5, 5.41) is 35.0. The van der Waals surface area contributed by atoms with Gasteiger partial charge in [0.1, 0.15) is 12.2 Å². The summed E-state index contributed by atoms with van der Waals surface area (Å²) in [7, 11) is 0. The Morgan fingerprint density at radius 1 is 1.10 bits per heavy atom. The minimum atomic E-state index is -1.29. The van der Waals surface area contributed by atoms with Gasteiger partial charge in [0.05, 0.1) is 12.7 Å². The van der Waals surface area contributed by atoms with Crippen LogP contribution in [0, 0.1) is 0 Å². The highest BCUT2D eigenvalue weighted by atomic mass is 79.9. The van der Waals surface area contributed by atoms with E-state index in [9.17, 15) is 0 Å². The lowest BCUT2D eigenvalue weighted by Crippen LogP contribution is -2.40. The average Bonchev–Trinajstić information content (AvgIpc) is 2.00. The predicted octanol–water partition coefficient (Wildman–Crippen LogP) is -1.54. The molecule has 0 saturated carbocycles. The van der Waals surface area contributed by atoms with Crippen molar-refractivity contribution in [1.82, 2.24) is 0 Å². The first-order valence-electron chi connectivity index (χ1n) is 2.84. The fourth-order valence-corrected chi connectivity index (χ4v) is 0.839. The second kappa shape index (κ2) is 5.03. The van der Waals surface area contributed by atoms with E-state index in [2.05, 4.69) is 15.9 Å². The molecular formula is C5H11BrO4. The highest BCUT2D eigenvalue weighted by molar-refractivity contribution is 9.09.